The number of nitrogens with zero attached hydrogens (tertiary/aromatic N) is 3. The van der Waals surface area contributed by atoms with Crippen molar-refractivity contribution >= 4 is 23.2 Å². The Balaban J connectivity index is 2.12. The second kappa shape index (κ2) is 8.63. The summed E-state index contributed by atoms with van der Waals surface area (Å²) in [6, 6.07) is 5.12. The van der Waals surface area contributed by atoms with Crippen LogP contribution in [0.3, 0.4) is 0 Å². The Bertz CT molecular complexity index is 765. The van der Waals surface area contributed by atoms with Crippen molar-refractivity contribution in [2.24, 2.45) is 0 Å². The number of hydrogen-bond acceptors (Lipinski definition) is 4. The van der Waals surface area contributed by atoms with E-state index in [1.54, 1.807) is 13.1 Å². The van der Waals surface area contributed by atoms with Gasteiger partial charge in [-0.1, -0.05) is 11.6 Å². The number of likely N-dealkylation sites (tertiary alicyclic amines) is 1. The van der Waals surface area contributed by atoms with Crippen LogP contribution in [0.1, 0.15) is 18.4 Å². The fraction of sp³-hybridized carbons (Fsp3) is 0.444. The molecule has 1 aliphatic heterocycles. The van der Waals surface area contributed by atoms with Gasteiger partial charge in [0, 0.05) is 25.0 Å². The van der Waals surface area contributed by atoms with Crippen LogP contribution in [-0.4, -0.2) is 48.9 Å². The molecule has 1 N–H and O–H groups in total. The first-order chi connectivity index (χ1) is 12.6. The lowest BCUT2D eigenvalue weighted by atomic mass is 10.0. The number of carbonyl (C=O) groups excluding carboxylic acids is 1. The third-order valence-electron chi connectivity index (χ3n) is 4.56. The minimum Gasteiger partial charge on any atom is -0.360 e. The highest BCUT2D eigenvalue weighted by Gasteiger charge is 2.33. The summed E-state index contributed by atoms with van der Waals surface area (Å²) in [4.78, 5) is 16.2. The van der Waals surface area contributed by atoms with Gasteiger partial charge in [0.2, 0.25) is 0 Å². The van der Waals surface area contributed by atoms with Crippen molar-refractivity contribution in [3.63, 3.8) is 0 Å². The number of halogens is 4. The number of anilines is 1. The van der Waals surface area contributed by atoms with Crippen LogP contribution in [0.2, 0.25) is 5.02 Å². The molecule has 1 aromatic rings. The zero-order chi connectivity index (χ0) is 20.2. The van der Waals surface area contributed by atoms with Crippen molar-refractivity contribution in [2.75, 3.05) is 32.5 Å². The minimum absolute atomic E-state index is 0.0258. The Kier molecular flexibility index (Phi) is 6.73. The molecule has 0 saturated carbocycles. The average molecular weight is 401 g/mol. The van der Waals surface area contributed by atoms with E-state index in [1.165, 1.54) is 11.0 Å². The van der Waals surface area contributed by atoms with Crippen LogP contribution in [0.5, 0.6) is 0 Å². The van der Waals surface area contributed by atoms with E-state index in [-0.39, 0.29) is 17.3 Å². The second-order valence-electron chi connectivity index (χ2n) is 6.46. The third-order valence-corrected chi connectivity index (χ3v) is 4.89. The van der Waals surface area contributed by atoms with Gasteiger partial charge in [-0.25, -0.2) is 0 Å². The number of nitriles is 1. The first kappa shape index (κ1) is 21.1. The largest absolute Gasteiger partial charge is 0.417 e. The molecule has 1 fully saturated rings. The van der Waals surface area contributed by atoms with Gasteiger partial charge in [0.1, 0.15) is 11.6 Å². The van der Waals surface area contributed by atoms with E-state index in [1.807, 2.05) is 7.05 Å². The number of rotatable bonds is 4. The maximum atomic E-state index is 12.9. The third kappa shape index (κ3) is 5.37. The predicted molar refractivity (Wildman–Crippen MR) is 97.1 cm³/mol. The van der Waals surface area contributed by atoms with E-state index in [9.17, 15) is 23.2 Å². The van der Waals surface area contributed by atoms with Crippen molar-refractivity contribution in [1.29, 1.82) is 5.26 Å². The molecule has 1 saturated heterocycles. The molecule has 0 atom stereocenters. The fourth-order valence-corrected chi connectivity index (χ4v) is 3.09. The van der Waals surface area contributed by atoms with Crippen molar-refractivity contribution < 1.29 is 18.0 Å². The highest BCUT2D eigenvalue weighted by atomic mass is 35.5. The van der Waals surface area contributed by atoms with Crippen molar-refractivity contribution in [3.8, 4) is 6.07 Å². The number of hydrogen-bond donors (Lipinski definition) is 1. The Morgan fingerprint density at radius 2 is 2.04 bits per heavy atom. The molecule has 5 nitrogen and oxygen atoms in total. The molecule has 1 aliphatic rings. The van der Waals surface area contributed by atoms with E-state index < -0.39 is 22.7 Å². The van der Waals surface area contributed by atoms with Crippen molar-refractivity contribution in [3.05, 3.63) is 40.6 Å². The number of likely N-dealkylation sites (N-methyl/N-ethyl adjacent to an activating group) is 1. The van der Waals surface area contributed by atoms with Gasteiger partial charge >= 0.3 is 6.18 Å². The van der Waals surface area contributed by atoms with E-state index in [4.69, 9.17) is 11.6 Å². The van der Waals surface area contributed by atoms with E-state index in [2.05, 4.69) is 10.2 Å². The minimum atomic E-state index is -4.60. The zero-order valence-electron chi connectivity index (χ0n) is 15.0. The molecule has 1 aromatic carbocycles. The molecular weight excluding hydrogens is 381 g/mol. The molecule has 0 spiro atoms. The smallest absolute Gasteiger partial charge is 0.360 e. The first-order valence-electron chi connectivity index (χ1n) is 8.32. The number of amides is 1. The molecule has 9 heteroatoms. The Labute approximate surface area is 161 Å². The monoisotopic (exact) mass is 400 g/mol. The van der Waals surface area contributed by atoms with Crippen LogP contribution in [0.4, 0.5) is 18.9 Å². The quantitative estimate of drug-likeness (QED) is 0.618. The van der Waals surface area contributed by atoms with Gasteiger partial charge in [-0.3, -0.25) is 4.79 Å². The molecule has 0 aromatic heterocycles. The molecule has 27 heavy (non-hydrogen) atoms. The van der Waals surface area contributed by atoms with Gasteiger partial charge < -0.3 is 15.1 Å². The van der Waals surface area contributed by atoms with Crippen LogP contribution in [0.25, 0.3) is 0 Å². The van der Waals surface area contributed by atoms with E-state index >= 15 is 0 Å². The standard InChI is InChI=1S/C18H20ClF3N4O/c1-25-7-5-14(6-8-25)26(2)17(27)12(10-23)11-24-13-3-4-16(19)15(9-13)18(20,21)22/h3-4,9,11,14,24H,5-8H2,1-2H3/b12-11-. The Morgan fingerprint density at radius 1 is 1.41 bits per heavy atom. The van der Waals surface area contributed by atoms with E-state index in [0.29, 0.717) is 0 Å². The molecule has 1 heterocycles. The summed E-state index contributed by atoms with van der Waals surface area (Å²) in [5.74, 6) is -0.468. The fourth-order valence-electron chi connectivity index (χ4n) is 2.87. The molecule has 0 bridgehead atoms. The van der Waals surface area contributed by atoms with Crippen LogP contribution < -0.4 is 5.32 Å². The van der Waals surface area contributed by atoms with E-state index in [0.717, 1.165) is 44.3 Å². The summed E-state index contributed by atoms with van der Waals surface area (Å²) in [7, 11) is 3.64. The average Bonchev–Trinajstić information content (AvgIpc) is 2.62. The molecular formula is C18H20ClF3N4O. The SMILES string of the molecule is CN1CCC(N(C)C(=O)/C(C#N)=C\Nc2ccc(Cl)c(C(F)(F)F)c2)CC1. The summed E-state index contributed by atoms with van der Waals surface area (Å²) < 4.78 is 38.8. The van der Waals surface area contributed by atoms with Crippen molar-refractivity contribution in [2.45, 2.75) is 25.1 Å². The second-order valence-corrected chi connectivity index (χ2v) is 6.86. The van der Waals surface area contributed by atoms with Crippen molar-refractivity contribution in [1.82, 2.24) is 9.80 Å². The summed E-state index contributed by atoms with van der Waals surface area (Å²) in [6.45, 7) is 1.72. The lowest BCUT2D eigenvalue weighted by Gasteiger charge is -2.34. The van der Waals surface area contributed by atoms with Crippen LogP contribution in [0.15, 0.2) is 30.0 Å². The summed E-state index contributed by atoms with van der Waals surface area (Å²) >= 11 is 5.58. The van der Waals surface area contributed by atoms with Gasteiger partial charge in [-0.2, -0.15) is 18.4 Å². The number of benzene rings is 1. The van der Waals surface area contributed by atoms with Gasteiger partial charge in [-0.15, -0.1) is 0 Å². The highest BCUT2D eigenvalue weighted by molar-refractivity contribution is 6.31. The number of carbonyl (C=O) groups is 1. The summed E-state index contributed by atoms with van der Waals surface area (Å²) in [5.41, 5.74) is -1.09. The summed E-state index contributed by atoms with van der Waals surface area (Å²) in [6.07, 6.45) is -1.87. The van der Waals surface area contributed by atoms with Crippen LogP contribution in [0, 0.1) is 11.3 Å². The lowest BCUT2D eigenvalue weighted by Crippen LogP contribution is -2.44. The summed E-state index contributed by atoms with van der Waals surface area (Å²) in [5, 5.41) is 11.4. The van der Waals surface area contributed by atoms with Crippen LogP contribution >= 0.6 is 11.6 Å². The van der Waals surface area contributed by atoms with Gasteiger partial charge in [-0.05, 0) is 51.2 Å². The number of piperidine rings is 1. The molecule has 2 rings (SSSR count). The molecule has 0 unspecified atom stereocenters. The zero-order valence-corrected chi connectivity index (χ0v) is 15.7. The maximum absolute atomic E-state index is 12.9. The van der Waals surface area contributed by atoms with Gasteiger partial charge in [0.05, 0.1) is 10.6 Å². The number of alkyl halides is 3. The van der Waals surface area contributed by atoms with Gasteiger partial charge in [0.15, 0.2) is 0 Å². The van der Waals surface area contributed by atoms with Crippen LogP contribution in [-0.2, 0) is 11.0 Å². The molecule has 0 radical (unpaired) electrons. The first-order valence-corrected chi connectivity index (χ1v) is 8.70. The highest BCUT2D eigenvalue weighted by Crippen LogP contribution is 2.36. The molecule has 0 aliphatic carbocycles. The normalized spacial score (nSPS) is 16.7. The Morgan fingerprint density at radius 3 is 2.59 bits per heavy atom. The lowest BCUT2D eigenvalue weighted by molar-refractivity contribution is -0.137. The Hall–Kier alpha value is -2.24. The predicted octanol–water partition coefficient (Wildman–Crippen LogP) is 3.73. The molecule has 146 valence electrons. The molecule has 1 amide bonds. The topological polar surface area (TPSA) is 59.4 Å². The number of nitrogens with one attached hydrogen (secondary N) is 1. The van der Waals surface area contributed by atoms with Gasteiger partial charge in [0.25, 0.3) is 5.91 Å². The maximum Gasteiger partial charge on any atom is 0.417 e.